The first-order valence-corrected chi connectivity index (χ1v) is 9.57. The summed E-state index contributed by atoms with van der Waals surface area (Å²) in [5, 5.41) is 0.756. The lowest BCUT2D eigenvalue weighted by atomic mass is 10.1. The van der Waals surface area contributed by atoms with Crippen molar-refractivity contribution in [1.29, 1.82) is 0 Å². The van der Waals surface area contributed by atoms with E-state index in [1.807, 2.05) is 30.3 Å². The van der Waals surface area contributed by atoms with Gasteiger partial charge >= 0.3 is 0 Å². The molecule has 0 spiro atoms. The number of benzene rings is 1. The van der Waals surface area contributed by atoms with Crippen molar-refractivity contribution in [1.82, 2.24) is 0 Å². The van der Waals surface area contributed by atoms with E-state index in [9.17, 15) is 0 Å². The van der Waals surface area contributed by atoms with Crippen LogP contribution in [-0.2, 0) is 4.43 Å². The molecule has 100 valence electrons. The summed E-state index contributed by atoms with van der Waals surface area (Å²) in [6, 6.07) is 11.3. The molecule has 0 aromatic heterocycles. The summed E-state index contributed by atoms with van der Waals surface area (Å²) in [7, 11) is -1.60. The van der Waals surface area contributed by atoms with Crippen LogP contribution in [0.1, 0.15) is 32.4 Å². The molecule has 0 aliphatic carbocycles. The molecule has 1 rings (SSSR count). The van der Waals surface area contributed by atoms with E-state index in [1.165, 1.54) is 0 Å². The van der Waals surface area contributed by atoms with E-state index in [1.54, 1.807) is 0 Å². The zero-order valence-corrected chi connectivity index (χ0v) is 13.3. The van der Waals surface area contributed by atoms with Crippen molar-refractivity contribution in [3.63, 3.8) is 0 Å². The highest BCUT2D eigenvalue weighted by Crippen LogP contribution is 2.30. The smallest absolute Gasteiger partial charge is 0.193 e. The van der Waals surface area contributed by atoms with Gasteiger partial charge in [-0.1, -0.05) is 50.6 Å². The monoisotopic (exact) mass is 282 g/mol. The SMILES string of the molecule is C=C[C@H](O[Si](CC)(CC)CC)c1ccc(Cl)cc1. The van der Waals surface area contributed by atoms with Crippen molar-refractivity contribution < 1.29 is 4.43 Å². The van der Waals surface area contributed by atoms with Crippen LogP contribution in [0, 0.1) is 0 Å². The van der Waals surface area contributed by atoms with Crippen LogP contribution in [0.4, 0.5) is 0 Å². The van der Waals surface area contributed by atoms with Crippen molar-refractivity contribution in [3.8, 4) is 0 Å². The van der Waals surface area contributed by atoms with Crippen molar-refractivity contribution in [2.45, 2.75) is 45.0 Å². The summed E-state index contributed by atoms with van der Waals surface area (Å²) in [6.45, 7) is 10.6. The van der Waals surface area contributed by atoms with E-state index in [-0.39, 0.29) is 6.10 Å². The van der Waals surface area contributed by atoms with Gasteiger partial charge in [-0.2, -0.15) is 0 Å². The first kappa shape index (κ1) is 15.5. The minimum absolute atomic E-state index is 0.00576. The van der Waals surface area contributed by atoms with Crippen molar-refractivity contribution in [2.24, 2.45) is 0 Å². The van der Waals surface area contributed by atoms with Gasteiger partial charge in [0.05, 0.1) is 6.10 Å². The standard InChI is InChI=1S/C15H23ClOSi/c1-5-15(13-9-11-14(16)12-10-13)17-18(6-2,7-3)8-4/h5,9-12,15H,1,6-8H2,2-4H3/t15-/m0/s1. The quantitative estimate of drug-likeness (QED) is 0.468. The molecule has 0 amide bonds. The highest BCUT2D eigenvalue weighted by Gasteiger charge is 2.31. The number of hydrogen-bond acceptors (Lipinski definition) is 1. The van der Waals surface area contributed by atoms with Gasteiger partial charge in [-0.3, -0.25) is 0 Å². The highest BCUT2D eigenvalue weighted by atomic mass is 35.5. The molecule has 3 heteroatoms. The van der Waals surface area contributed by atoms with Gasteiger partial charge in [-0.15, -0.1) is 6.58 Å². The first-order valence-electron chi connectivity index (χ1n) is 6.66. The molecule has 0 heterocycles. The molecule has 18 heavy (non-hydrogen) atoms. The fourth-order valence-electron chi connectivity index (χ4n) is 2.17. The van der Waals surface area contributed by atoms with Crippen molar-refractivity contribution in [3.05, 3.63) is 47.5 Å². The van der Waals surface area contributed by atoms with Gasteiger partial charge in [-0.05, 0) is 35.8 Å². The Balaban J connectivity index is 2.90. The van der Waals surface area contributed by atoms with Gasteiger partial charge in [0, 0.05) is 5.02 Å². The molecule has 0 unspecified atom stereocenters. The van der Waals surface area contributed by atoms with Crippen LogP contribution in [0.3, 0.4) is 0 Å². The van der Waals surface area contributed by atoms with Crippen LogP contribution in [0.25, 0.3) is 0 Å². The van der Waals surface area contributed by atoms with E-state index < -0.39 is 8.32 Å². The Bertz CT molecular complexity index is 362. The number of rotatable bonds is 7. The summed E-state index contributed by atoms with van der Waals surface area (Å²) < 4.78 is 6.44. The lowest BCUT2D eigenvalue weighted by Gasteiger charge is -2.32. The van der Waals surface area contributed by atoms with Crippen molar-refractivity contribution >= 4 is 19.9 Å². The van der Waals surface area contributed by atoms with Crippen molar-refractivity contribution in [2.75, 3.05) is 0 Å². The zero-order valence-electron chi connectivity index (χ0n) is 11.6. The van der Waals surface area contributed by atoms with E-state index in [0.29, 0.717) is 0 Å². The number of halogens is 1. The molecule has 0 radical (unpaired) electrons. The molecule has 0 fully saturated rings. The molecule has 0 saturated heterocycles. The summed E-state index contributed by atoms with van der Waals surface area (Å²) in [5.74, 6) is 0. The van der Waals surface area contributed by atoms with E-state index >= 15 is 0 Å². The molecule has 0 bridgehead atoms. The van der Waals surface area contributed by atoms with Gasteiger partial charge in [-0.25, -0.2) is 0 Å². The van der Waals surface area contributed by atoms with Gasteiger partial charge in [0.1, 0.15) is 0 Å². The molecular weight excluding hydrogens is 260 g/mol. The first-order chi connectivity index (χ1) is 8.60. The topological polar surface area (TPSA) is 9.23 Å². The number of hydrogen-bond donors (Lipinski definition) is 0. The highest BCUT2D eigenvalue weighted by molar-refractivity contribution is 6.73. The van der Waals surface area contributed by atoms with E-state index in [0.717, 1.165) is 28.7 Å². The zero-order chi connectivity index (χ0) is 13.6. The second kappa shape index (κ2) is 7.12. The third kappa shape index (κ3) is 3.71. The Labute approximate surface area is 117 Å². The van der Waals surface area contributed by atoms with Gasteiger partial charge < -0.3 is 4.43 Å². The minimum atomic E-state index is -1.60. The fraction of sp³-hybridized carbons (Fsp3) is 0.467. The molecule has 0 aliphatic rings. The molecule has 0 aliphatic heterocycles. The summed E-state index contributed by atoms with van der Waals surface area (Å²) in [6.07, 6.45) is 1.89. The van der Waals surface area contributed by atoms with E-state index in [4.69, 9.17) is 16.0 Å². The average Bonchev–Trinajstić information content (AvgIpc) is 2.42. The second-order valence-electron chi connectivity index (χ2n) is 4.57. The lowest BCUT2D eigenvalue weighted by Crippen LogP contribution is -2.36. The molecule has 1 aromatic carbocycles. The van der Waals surface area contributed by atoms with Gasteiger partial charge in [0.2, 0.25) is 0 Å². The molecule has 0 N–H and O–H groups in total. The predicted octanol–water partition coefficient (Wildman–Crippen LogP) is 5.59. The largest absolute Gasteiger partial charge is 0.407 e. The Morgan fingerprint density at radius 2 is 1.67 bits per heavy atom. The lowest BCUT2D eigenvalue weighted by molar-refractivity contribution is 0.238. The Morgan fingerprint density at radius 3 is 2.06 bits per heavy atom. The Kier molecular flexibility index (Phi) is 6.13. The normalized spacial score (nSPS) is 13.3. The second-order valence-corrected chi connectivity index (χ2v) is 9.73. The minimum Gasteiger partial charge on any atom is -0.407 e. The molecule has 0 saturated carbocycles. The van der Waals surface area contributed by atoms with Gasteiger partial charge in [0.15, 0.2) is 8.32 Å². The Morgan fingerprint density at radius 1 is 1.17 bits per heavy atom. The summed E-state index contributed by atoms with van der Waals surface area (Å²) in [4.78, 5) is 0. The molecule has 1 atom stereocenters. The van der Waals surface area contributed by atoms with E-state index in [2.05, 4.69) is 27.4 Å². The predicted molar refractivity (Wildman–Crippen MR) is 82.7 cm³/mol. The van der Waals surface area contributed by atoms with Crippen LogP contribution in [0.15, 0.2) is 36.9 Å². The third-order valence-electron chi connectivity index (χ3n) is 3.72. The van der Waals surface area contributed by atoms with Crippen LogP contribution in [0.2, 0.25) is 23.2 Å². The maximum absolute atomic E-state index is 6.44. The third-order valence-corrected chi connectivity index (χ3v) is 8.59. The Hall–Kier alpha value is -0.573. The maximum atomic E-state index is 6.44. The van der Waals surface area contributed by atoms with Crippen LogP contribution >= 0.6 is 11.6 Å². The fourth-order valence-corrected chi connectivity index (χ4v) is 5.07. The summed E-state index contributed by atoms with van der Waals surface area (Å²) >= 11 is 5.92. The van der Waals surface area contributed by atoms with Crippen LogP contribution < -0.4 is 0 Å². The summed E-state index contributed by atoms with van der Waals surface area (Å²) in [5.41, 5.74) is 1.14. The molecular formula is C15H23ClOSi. The van der Waals surface area contributed by atoms with Crippen LogP contribution in [-0.4, -0.2) is 8.32 Å². The average molecular weight is 283 g/mol. The van der Waals surface area contributed by atoms with Crippen LogP contribution in [0.5, 0.6) is 0 Å². The van der Waals surface area contributed by atoms with Gasteiger partial charge in [0.25, 0.3) is 0 Å². The molecule has 1 nitrogen and oxygen atoms in total. The maximum Gasteiger partial charge on any atom is 0.193 e. The molecule has 1 aromatic rings.